The van der Waals surface area contributed by atoms with Crippen molar-refractivity contribution in [3.05, 3.63) is 29.3 Å². The molecule has 3 rings (SSSR count). The Balaban J connectivity index is 1.89. The molecule has 0 N–H and O–H groups in total. The third-order valence-corrected chi connectivity index (χ3v) is 5.87. The van der Waals surface area contributed by atoms with Gasteiger partial charge in [-0.3, -0.25) is 0 Å². The van der Waals surface area contributed by atoms with Crippen molar-refractivity contribution in [1.29, 1.82) is 0 Å². The number of rotatable bonds is 3. The lowest BCUT2D eigenvalue weighted by atomic mass is 9.84. The van der Waals surface area contributed by atoms with Crippen molar-refractivity contribution in [2.45, 2.75) is 30.5 Å². The highest BCUT2D eigenvalue weighted by atomic mass is 79.9. The van der Waals surface area contributed by atoms with Crippen LogP contribution in [0.25, 0.3) is 0 Å². The first-order chi connectivity index (χ1) is 9.10. The van der Waals surface area contributed by atoms with E-state index in [1.54, 1.807) is 0 Å². The SMILES string of the molecule is COc1cc(F)c(C(Br)C2CC3CCC2C3)c(F)c1. The fourth-order valence-electron chi connectivity index (χ4n) is 3.81. The minimum absolute atomic E-state index is 0.165. The molecule has 4 unspecified atom stereocenters. The maximum absolute atomic E-state index is 14.1. The van der Waals surface area contributed by atoms with Crippen LogP contribution in [-0.4, -0.2) is 7.11 Å². The Hall–Kier alpha value is -0.640. The van der Waals surface area contributed by atoms with E-state index in [1.807, 2.05) is 0 Å². The first-order valence-electron chi connectivity index (χ1n) is 6.77. The number of benzene rings is 1. The van der Waals surface area contributed by atoms with Crippen LogP contribution in [0.1, 0.15) is 36.1 Å². The summed E-state index contributed by atoms with van der Waals surface area (Å²) >= 11 is 3.54. The lowest BCUT2D eigenvalue weighted by molar-refractivity contribution is 0.321. The molecule has 0 aromatic heterocycles. The van der Waals surface area contributed by atoms with Crippen LogP contribution in [0.2, 0.25) is 0 Å². The van der Waals surface area contributed by atoms with Gasteiger partial charge in [0.2, 0.25) is 0 Å². The smallest absolute Gasteiger partial charge is 0.134 e. The van der Waals surface area contributed by atoms with Gasteiger partial charge in [-0.2, -0.15) is 0 Å². The van der Waals surface area contributed by atoms with Crippen molar-refractivity contribution in [3.63, 3.8) is 0 Å². The molecular formula is C15H17BrF2O. The van der Waals surface area contributed by atoms with E-state index in [9.17, 15) is 8.78 Å². The summed E-state index contributed by atoms with van der Waals surface area (Å²) in [5.74, 6) is 0.945. The van der Waals surface area contributed by atoms with Gasteiger partial charge < -0.3 is 4.74 Å². The number of hydrogen-bond donors (Lipinski definition) is 0. The Morgan fingerprint density at radius 1 is 1.21 bits per heavy atom. The predicted octanol–water partition coefficient (Wildman–Crippen LogP) is 4.85. The summed E-state index contributed by atoms with van der Waals surface area (Å²) in [5.41, 5.74) is 0.165. The summed E-state index contributed by atoms with van der Waals surface area (Å²) < 4.78 is 33.1. The summed E-state index contributed by atoms with van der Waals surface area (Å²) in [6.45, 7) is 0. The fourth-order valence-corrected chi connectivity index (χ4v) is 4.89. The number of fused-ring (bicyclic) bond motifs is 2. The number of halogens is 3. The molecule has 0 radical (unpaired) electrons. The Bertz CT molecular complexity index is 468. The van der Waals surface area contributed by atoms with Gasteiger partial charge in [0.1, 0.15) is 17.4 Å². The highest BCUT2D eigenvalue weighted by molar-refractivity contribution is 9.09. The molecule has 0 saturated heterocycles. The Morgan fingerprint density at radius 2 is 1.89 bits per heavy atom. The molecule has 2 aliphatic carbocycles. The molecule has 19 heavy (non-hydrogen) atoms. The monoisotopic (exact) mass is 330 g/mol. The zero-order valence-corrected chi connectivity index (χ0v) is 12.4. The molecule has 2 aliphatic rings. The minimum atomic E-state index is -0.513. The Labute approximate surface area is 120 Å². The summed E-state index contributed by atoms with van der Waals surface area (Å²) in [5, 5.41) is 0. The standard InChI is InChI=1S/C15H17BrF2O/c1-19-10-6-12(17)14(13(18)7-10)15(16)11-5-8-2-3-9(11)4-8/h6-9,11,15H,2-5H2,1H3. The number of hydrogen-bond acceptors (Lipinski definition) is 1. The van der Waals surface area contributed by atoms with E-state index in [-0.39, 0.29) is 16.1 Å². The average molecular weight is 331 g/mol. The van der Waals surface area contributed by atoms with Gasteiger partial charge in [0.15, 0.2) is 0 Å². The van der Waals surface area contributed by atoms with Gasteiger partial charge in [-0.1, -0.05) is 22.4 Å². The second-order valence-corrected chi connectivity index (χ2v) is 6.73. The van der Waals surface area contributed by atoms with Gasteiger partial charge in [-0.25, -0.2) is 8.78 Å². The van der Waals surface area contributed by atoms with Gasteiger partial charge >= 0.3 is 0 Å². The van der Waals surface area contributed by atoms with E-state index in [2.05, 4.69) is 15.9 Å². The second kappa shape index (κ2) is 5.04. The molecule has 0 aliphatic heterocycles. The van der Waals surface area contributed by atoms with Crippen LogP contribution in [0.15, 0.2) is 12.1 Å². The van der Waals surface area contributed by atoms with E-state index in [0.29, 0.717) is 11.8 Å². The molecule has 104 valence electrons. The fraction of sp³-hybridized carbons (Fsp3) is 0.600. The second-order valence-electron chi connectivity index (χ2n) is 5.75. The Morgan fingerprint density at radius 3 is 2.37 bits per heavy atom. The maximum Gasteiger partial charge on any atom is 0.134 e. The number of ether oxygens (including phenoxy) is 1. The van der Waals surface area contributed by atoms with Crippen LogP contribution < -0.4 is 4.74 Å². The normalized spacial score (nSPS) is 30.6. The zero-order chi connectivity index (χ0) is 13.6. The molecule has 2 bridgehead atoms. The highest BCUT2D eigenvalue weighted by Crippen LogP contribution is 2.55. The molecular weight excluding hydrogens is 314 g/mol. The minimum Gasteiger partial charge on any atom is -0.497 e. The summed E-state index contributed by atoms with van der Waals surface area (Å²) in [7, 11) is 1.41. The van der Waals surface area contributed by atoms with E-state index in [1.165, 1.54) is 38.5 Å². The van der Waals surface area contributed by atoms with Crippen molar-refractivity contribution >= 4 is 15.9 Å². The molecule has 1 aromatic rings. The molecule has 4 atom stereocenters. The molecule has 0 heterocycles. The van der Waals surface area contributed by atoms with Crippen LogP contribution in [0.5, 0.6) is 5.75 Å². The van der Waals surface area contributed by atoms with E-state index in [0.717, 1.165) is 12.3 Å². The van der Waals surface area contributed by atoms with Crippen LogP contribution in [0, 0.1) is 29.4 Å². The molecule has 2 saturated carbocycles. The molecule has 2 fully saturated rings. The van der Waals surface area contributed by atoms with Gasteiger partial charge in [0.05, 0.1) is 7.11 Å². The molecule has 0 amide bonds. The van der Waals surface area contributed by atoms with Crippen LogP contribution in [0.3, 0.4) is 0 Å². The molecule has 0 spiro atoms. The van der Waals surface area contributed by atoms with E-state index in [4.69, 9.17) is 4.74 Å². The van der Waals surface area contributed by atoms with Gasteiger partial charge in [0.25, 0.3) is 0 Å². The van der Waals surface area contributed by atoms with Crippen molar-refractivity contribution in [2.24, 2.45) is 17.8 Å². The van der Waals surface area contributed by atoms with Crippen molar-refractivity contribution in [2.75, 3.05) is 7.11 Å². The van der Waals surface area contributed by atoms with Crippen molar-refractivity contribution in [3.8, 4) is 5.75 Å². The lowest BCUT2D eigenvalue weighted by Crippen LogP contribution is -2.17. The topological polar surface area (TPSA) is 9.23 Å². The maximum atomic E-state index is 14.1. The molecule has 4 heteroatoms. The van der Waals surface area contributed by atoms with Crippen LogP contribution >= 0.6 is 15.9 Å². The van der Waals surface area contributed by atoms with Gasteiger partial charge in [-0.05, 0) is 37.0 Å². The van der Waals surface area contributed by atoms with E-state index < -0.39 is 11.6 Å². The van der Waals surface area contributed by atoms with Crippen LogP contribution in [-0.2, 0) is 0 Å². The highest BCUT2D eigenvalue weighted by Gasteiger charge is 2.43. The summed E-state index contributed by atoms with van der Waals surface area (Å²) in [6.07, 6.45) is 4.81. The first-order valence-corrected chi connectivity index (χ1v) is 7.68. The van der Waals surface area contributed by atoms with Gasteiger partial charge in [-0.15, -0.1) is 0 Å². The molecule has 1 nitrogen and oxygen atoms in total. The first kappa shape index (κ1) is 13.3. The zero-order valence-electron chi connectivity index (χ0n) is 10.8. The van der Waals surface area contributed by atoms with Gasteiger partial charge in [0, 0.05) is 22.5 Å². The summed E-state index contributed by atoms with van der Waals surface area (Å²) in [4.78, 5) is -0.228. The average Bonchev–Trinajstić information content (AvgIpc) is 2.99. The quantitative estimate of drug-likeness (QED) is 0.720. The molecule has 1 aromatic carbocycles. The third kappa shape index (κ3) is 2.28. The van der Waals surface area contributed by atoms with E-state index >= 15 is 0 Å². The predicted molar refractivity (Wildman–Crippen MR) is 73.5 cm³/mol. The lowest BCUT2D eigenvalue weighted by Gasteiger charge is -2.27. The van der Waals surface area contributed by atoms with Crippen molar-refractivity contribution < 1.29 is 13.5 Å². The van der Waals surface area contributed by atoms with Crippen molar-refractivity contribution in [1.82, 2.24) is 0 Å². The van der Waals surface area contributed by atoms with Crippen LogP contribution in [0.4, 0.5) is 8.78 Å². The third-order valence-electron chi connectivity index (χ3n) is 4.73. The number of methoxy groups -OCH3 is 1. The summed E-state index contributed by atoms with van der Waals surface area (Å²) in [6, 6.07) is 2.53. The number of alkyl halides is 1. The Kier molecular flexibility index (Phi) is 3.54. The largest absolute Gasteiger partial charge is 0.497 e.